The number of piperidine rings is 1. The number of imide groups is 1. The van der Waals surface area contributed by atoms with Gasteiger partial charge in [0.25, 0.3) is 0 Å². The van der Waals surface area contributed by atoms with Gasteiger partial charge < -0.3 is 5.11 Å². The molecule has 0 radical (unpaired) electrons. The zero-order valence-electron chi connectivity index (χ0n) is 12.1. The smallest absolute Gasteiger partial charge is 0.229 e. The molecule has 0 aromatic heterocycles. The van der Waals surface area contributed by atoms with Crippen LogP contribution in [-0.4, -0.2) is 28.4 Å². The molecule has 2 amide bonds. The van der Waals surface area contributed by atoms with Crippen LogP contribution in [0.3, 0.4) is 0 Å². The summed E-state index contributed by atoms with van der Waals surface area (Å²) in [5.41, 5.74) is 1.77. The molecule has 4 nitrogen and oxygen atoms in total. The van der Waals surface area contributed by atoms with E-state index in [0.29, 0.717) is 25.8 Å². The lowest BCUT2D eigenvalue weighted by Crippen LogP contribution is -2.42. The second kappa shape index (κ2) is 7.05. The van der Waals surface area contributed by atoms with Crippen molar-refractivity contribution < 1.29 is 14.7 Å². The van der Waals surface area contributed by atoms with Gasteiger partial charge in [-0.3, -0.25) is 14.5 Å². The van der Waals surface area contributed by atoms with E-state index in [9.17, 15) is 9.59 Å². The van der Waals surface area contributed by atoms with Gasteiger partial charge in [0, 0.05) is 24.8 Å². The molecule has 0 aliphatic carbocycles. The fraction of sp³-hybridized carbons (Fsp3) is 0.412. The number of amides is 2. The second-order valence-corrected chi connectivity index (χ2v) is 5.36. The van der Waals surface area contributed by atoms with Crippen molar-refractivity contribution in [2.75, 3.05) is 6.61 Å². The first-order chi connectivity index (χ1) is 10.1. The number of aliphatic hydroxyl groups is 1. The second-order valence-electron chi connectivity index (χ2n) is 5.36. The number of nitrogens with zero attached hydrogens (tertiary/aromatic N) is 1. The minimum Gasteiger partial charge on any atom is -0.395 e. The number of aliphatic hydroxyl groups excluding tert-OH is 1. The fourth-order valence-electron chi connectivity index (χ4n) is 2.30. The number of carbonyl (C=O) groups excluding carboxylic acids is 2. The highest BCUT2D eigenvalue weighted by Crippen LogP contribution is 2.20. The van der Waals surface area contributed by atoms with E-state index in [1.807, 2.05) is 31.2 Å². The zero-order chi connectivity index (χ0) is 15.2. The average Bonchev–Trinajstić information content (AvgIpc) is 2.44. The molecule has 0 atom stereocenters. The minimum absolute atomic E-state index is 0.0582. The molecule has 1 aliphatic rings. The van der Waals surface area contributed by atoms with Crippen LogP contribution in [0.25, 0.3) is 0 Å². The zero-order valence-corrected chi connectivity index (χ0v) is 12.1. The Balaban J connectivity index is 2.02. The van der Waals surface area contributed by atoms with Crippen LogP contribution in [0, 0.1) is 17.8 Å². The van der Waals surface area contributed by atoms with Gasteiger partial charge in [0.1, 0.15) is 0 Å². The third-order valence-corrected chi connectivity index (χ3v) is 3.41. The summed E-state index contributed by atoms with van der Waals surface area (Å²) >= 11 is 0. The highest BCUT2D eigenvalue weighted by atomic mass is 16.2. The van der Waals surface area contributed by atoms with Gasteiger partial charge in [-0.05, 0) is 23.6 Å². The fourth-order valence-corrected chi connectivity index (χ4v) is 2.30. The SMILES string of the molecule is CC1CC(=O)N(Cc2ccc(C#CCCO)cc2)C(=O)C1. The van der Waals surface area contributed by atoms with E-state index in [1.54, 1.807) is 0 Å². The van der Waals surface area contributed by atoms with Gasteiger partial charge in [-0.2, -0.15) is 0 Å². The van der Waals surface area contributed by atoms with Crippen molar-refractivity contribution in [3.8, 4) is 11.8 Å². The van der Waals surface area contributed by atoms with Crippen LogP contribution < -0.4 is 0 Å². The molecule has 1 N–H and O–H groups in total. The topological polar surface area (TPSA) is 57.6 Å². The van der Waals surface area contributed by atoms with Crippen LogP contribution in [0.5, 0.6) is 0 Å². The lowest BCUT2D eigenvalue weighted by atomic mass is 9.97. The molecular formula is C17H19NO3. The van der Waals surface area contributed by atoms with Crippen molar-refractivity contribution in [1.82, 2.24) is 4.90 Å². The summed E-state index contributed by atoms with van der Waals surface area (Å²) < 4.78 is 0. The Kier molecular flexibility index (Phi) is 5.13. The van der Waals surface area contributed by atoms with E-state index in [4.69, 9.17) is 5.11 Å². The van der Waals surface area contributed by atoms with Gasteiger partial charge in [0.05, 0.1) is 13.2 Å². The van der Waals surface area contributed by atoms with E-state index >= 15 is 0 Å². The summed E-state index contributed by atoms with van der Waals surface area (Å²) in [4.78, 5) is 25.2. The average molecular weight is 285 g/mol. The van der Waals surface area contributed by atoms with E-state index in [-0.39, 0.29) is 24.3 Å². The number of likely N-dealkylation sites (tertiary alicyclic amines) is 1. The van der Waals surface area contributed by atoms with Gasteiger partial charge in [0.15, 0.2) is 0 Å². The van der Waals surface area contributed by atoms with E-state index in [1.165, 1.54) is 4.90 Å². The number of benzene rings is 1. The maximum Gasteiger partial charge on any atom is 0.229 e. The van der Waals surface area contributed by atoms with Crippen LogP contribution in [0.4, 0.5) is 0 Å². The van der Waals surface area contributed by atoms with Gasteiger partial charge in [-0.1, -0.05) is 30.9 Å². The maximum absolute atomic E-state index is 11.9. The van der Waals surface area contributed by atoms with Gasteiger partial charge in [0.2, 0.25) is 11.8 Å². The van der Waals surface area contributed by atoms with E-state index in [0.717, 1.165) is 11.1 Å². The van der Waals surface area contributed by atoms with Gasteiger partial charge >= 0.3 is 0 Å². The largest absolute Gasteiger partial charge is 0.395 e. The molecule has 21 heavy (non-hydrogen) atoms. The molecule has 1 aromatic carbocycles. The predicted octanol–water partition coefficient (Wildman–Crippen LogP) is 1.71. The van der Waals surface area contributed by atoms with Crippen LogP contribution in [0.15, 0.2) is 24.3 Å². The summed E-state index contributed by atoms with van der Waals surface area (Å²) in [6, 6.07) is 7.48. The van der Waals surface area contributed by atoms with Crippen molar-refractivity contribution >= 4 is 11.8 Å². The van der Waals surface area contributed by atoms with Crippen molar-refractivity contribution in [2.24, 2.45) is 5.92 Å². The molecule has 4 heteroatoms. The maximum atomic E-state index is 11.9. The first-order valence-electron chi connectivity index (χ1n) is 7.12. The van der Waals surface area contributed by atoms with Crippen molar-refractivity contribution in [3.05, 3.63) is 35.4 Å². The van der Waals surface area contributed by atoms with E-state index in [2.05, 4.69) is 11.8 Å². The summed E-state index contributed by atoms with van der Waals surface area (Å²) in [7, 11) is 0. The van der Waals surface area contributed by atoms with Crippen LogP contribution in [0.1, 0.15) is 37.3 Å². The number of rotatable bonds is 3. The van der Waals surface area contributed by atoms with Crippen molar-refractivity contribution in [2.45, 2.75) is 32.7 Å². The van der Waals surface area contributed by atoms with Crippen molar-refractivity contribution in [1.29, 1.82) is 0 Å². The molecule has 0 bridgehead atoms. The molecule has 0 saturated carbocycles. The normalized spacial score (nSPS) is 15.8. The molecule has 2 rings (SSSR count). The summed E-state index contributed by atoms with van der Waals surface area (Å²) in [6.45, 7) is 2.31. The number of hydrogen-bond acceptors (Lipinski definition) is 3. The molecule has 1 heterocycles. The Morgan fingerprint density at radius 2 is 1.81 bits per heavy atom. The Hall–Kier alpha value is -2.12. The molecular weight excluding hydrogens is 266 g/mol. The lowest BCUT2D eigenvalue weighted by molar-refractivity contribution is -0.150. The van der Waals surface area contributed by atoms with E-state index < -0.39 is 0 Å². The molecule has 1 fully saturated rings. The Morgan fingerprint density at radius 1 is 1.19 bits per heavy atom. The molecule has 0 unspecified atom stereocenters. The van der Waals surface area contributed by atoms with Gasteiger partial charge in [-0.25, -0.2) is 0 Å². The first kappa shape index (κ1) is 15.3. The molecule has 110 valence electrons. The summed E-state index contributed by atoms with van der Waals surface area (Å²) in [5, 5.41) is 8.67. The molecule has 0 spiro atoms. The lowest BCUT2D eigenvalue weighted by Gasteiger charge is -2.28. The Morgan fingerprint density at radius 3 is 2.38 bits per heavy atom. The standard InChI is InChI=1S/C17H19NO3/c1-13-10-16(20)18(17(21)11-13)12-15-7-5-14(6-8-15)4-2-3-9-19/h5-8,13,19H,3,9-12H2,1H3. The number of hydrogen-bond donors (Lipinski definition) is 1. The third-order valence-electron chi connectivity index (χ3n) is 3.41. The molecule has 1 saturated heterocycles. The summed E-state index contributed by atoms with van der Waals surface area (Å²) in [5.74, 6) is 5.75. The monoisotopic (exact) mass is 285 g/mol. The highest BCUT2D eigenvalue weighted by Gasteiger charge is 2.29. The Labute approximate surface area is 124 Å². The summed E-state index contributed by atoms with van der Waals surface area (Å²) in [6.07, 6.45) is 1.34. The molecule has 1 aliphatic heterocycles. The van der Waals surface area contributed by atoms with Crippen molar-refractivity contribution in [3.63, 3.8) is 0 Å². The van der Waals surface area contributed by atoms with Gasteiger partial charge in [-0.15, -0.1) is 0 Å². The predicted molar refractivity (Wildman–Crippen MR) is 79.0 cm³/mol. The Bertz CT molecular complexity index is 562. The molecule has 1 aromatic rings. The number of carbonyl (C=O) groups is 2. The quantitative estimate of drug-likeness (QED) is 0.679. The third kappa shape index (κ3) is 4.17. The highest BCUT2D eigenvalue weighted by molar-refractivity contribution is 5.97. The first-order valence-corrected chi connectivity index (χ1v) is 7.12. The van der Waals surface area contributed by atoms with Crippen LogP contribution in [-0.2, 0) is 16.1 Å². The minimum atomic E-state index is -0.0921. The van der Waals surface area contributed by atoms with Crippen LogP contribution in [0.2, 0.25) is 0 Å². The van der Waals surface area contributed by atoms with Crippen LogP contribution >= 0.6 is 0 Å².